The van der Waals surface area contributed by atoms with Crippen molar-refractivity contribution < 1.29 is 19.1 Å². The van der Waals surface area contributed by atoms with Gasteiger partial charge in [-0.3, -0.25) is 14.5 Å². The van der Waals surface area contributed by atoms with Gasteiger partial charge >= 0.3 is 0 Å². The summed E-state index contributed by atoms with van der Waals surface area (Å²) in [7, 11) is 0. The smallest absolute Gasteiger partial charge is 0.262 e. The van der Waals surface area contributed by atoms with E-state index >= 15 is 0 Å². The van der Waals surface area contributed by atoms with E-state index in [1.807, 2.05) is 66.7 Å². The van der Waals surface area contributed by atoms with Crippen molar-refractivity contribution in [3.8, 4) is 22.6 Å². The number of anilines is 2. The van der Waals surface area contributed by atoms with Crippen molar-refractivity contribution in [1.29, 1.82) is 0 Å². The molecular formula is C30H31N3O4. The predicted octanol–water partition coefficient (Wildman–Crippen LogP) is 4.82. The molecule has 0 atom stereocenters. The molecule has 2 fully saturated rings. The molecule has 2 aliphatic heterocycles. The third-order valence-electron chi connectivity index (χ3n) is 7.16. The highest BCUT2D eigenvalue weighted by molar-refractivity contribution is 6.08. The monoisotopic (exact) mass is 497 g/mol. The summed E-state index contributed by atoms with van der Waals surface area (Å²) in [6, 6.07) is 21.1. The van der Waals surface area contributed by atoms with Crippen LogP contribution in [0.4, 0.5) is 11.4 Å². The summed E-state index contributed by atoms with van der Waals surface area (Å²) < 4.78 is 12.1. The third kappa shape index (κ3) is 5.32. The van der Waals surface area contributed by atoms with Gasteiger partial charge in [0.15, 0.2) is 0 Å². The van der Waals surface area contributed by atoms with E-state index in [4.69, 9.17) is 9.47 Å². The van der Waals surface area contributed by atoms with Gasteiger partial charge in [0.05, 0.1) is 12.1 Å². The van der Waals surface area contributed by atoms with Crippen molar-refractivity contribution in [2.45, 2.75) is 25.9 Å². The molecule has 1 N–H and O–H groups in total. The molecule has 1 saturated carbocycles. The Hall–Kier alpha value is -3.84. The predicted molar refractivity (Wildman–Crippen MR) is 143 cm³/mol. The molecule has 0 radical (unpaired) electrons. The van der Waals surface area contributed by atoms with Crippen LogP contribution in [0.2, 0.25) is 0 Å². The lowest BCUT2D eigenvalue weighted by Crippen LogP contribution is -2.54. The molecule has 7 heteroatoms. The fourth-order valence-electron chi connectivity index (χ4n) is 5.00. The molecule has 0 bridgehead atoms. The van der Waals surface area contributed by atoms with Gasteiger partial charge in [0, 0.05) is 37.9 Å². The lowest BCUT2D eigenvalue weighted by Gasteiger charge is -2.39. The molecule has 2 heterocycles. The molecule has 190 valence electrons. The highest BCUT2D eigenvalue weighted by Crippen LogP contribution is 2.33. The number of ether oxygens (including phenoxy) is 2. The maximum atomic E-state index is 13.4. The summed E-state index contributed by atoms with van der Waals surface area (Å²) in [5.41, 5.74) is 4.04. The third-order valence-corrected chi connectivity index (χ3v) is 7.16. The van der Waals surface area contributed by atoms with Crippen LogP contribution in [0.5, 0.6) is 11.5 Å². The highest BCUT2D eigenvalue weighted by atomic mass is 16.5. The second kappa shape index (κ2) is 9.90. The quantitative estimate of drug-likeness (QED) is 0.507. The van der Waals surface area contributed by atoms with E-state index in [1.54, 1.807) is 4.90 Å². The Morgan fingerprint density at radius 3 is 2.43 bits per heavy atom. The summed E-state index contributed by atoms with van der Waals surface area (Å²) in [5.74, 6) is 2.15. The van der Waals surface area contributed by atoms with Crippen molar-refractivity contribution in [3.05, 3.63) is 72.3 Å². The Morgan fingerprint density at radius 2 is 1.73 bits per heavy atom. The van der Waals surface area contributed by atoms with E-state index < -0.39 is 0 Å². The SMILES string of the molecule is CC(=O)Nc1ccc(-c2ccc3c(c2)OCCN(c2ccc(OC4CN(CC5CC5)C4)cc2)C3=O)cc1. The van der Waals surface area contributed by atoms with Crippen molar-refractivity contribution in [2.75, 3.05) is 43.0 Å². The Kier molecular flexibility index (Phi) is 6.30. The zero-order chi connectivity index (χ0) is 25.4. The molecule has 3 aromatic rings. The van der Waals surface area contributed by atoms with Crippen LogP contribution >= 0.6 is 0 Å². The van der Waals surface area contributed by atoms with Crippen molar-refractivity contribution in [2.24, 2.45) is 5.92 Å². The average Bonchev–Trinajstić information content (AvgIpc) is 3.71. The summed E-state index contributed by atoms with van der Waals surface area (Å²) in [5, 5.41) is 2.77. The molecule has 3 aromatic carbocycles. The molecule has 0 aromatic heterocycles. The van der Waals surface area contributed by atoms with Crippen LogP contribution in [0.1, 0.15) is 30.1 Å². The standard InChI is InChI=1S/C30H31N3O4/c1-20(34)31-24-7-4-22(5-8-24)23-6-13-28-29(16-23)36-15-14-33(30(28)35)25-9-11-26(12-10-25)37-27-18-32(19-27)17-21-2-3-21/h4-13,16,21,27H,2-3,14-15,17-19H2,1H3,(H,31,34). The first-order chi connectivity index (χ1) is 18.0. The van der Waals surface area contributed by atoms with Crippen LogP contribution < -0.4 is 19.7 Å². The van der Waals surface area contributed by atoms with Gasteiger partial charge in [-0.15, -0.1) is 0 Å². The largest absolute Gasteiger partial charge is 0.491 e. The number of carbonyl (C=O) groups excluding carboxylic acids is 2. The van der Waals surface area contributed by atoms with E-state index in [1.165, 1.54) is 26.3 Å². The van der Waals surface area contributed by atoms with Crippen LogP contribution in [0.3, 0.4) is 0 Å². The molecule has 37 heavy (non-hydrogen) atoms. The number of likely N-dealkylation sites (tertiary alicyclic amines) is 1. The molecule has 1 aliphatic carbocycles. The van der Waals surface area contributed by atoms with Gasteiger partial charge in [-0.05, 0) is 78.4 Å². The van der Waals surface area contributed by atoms with Crippen molar-refractivity contribution in [1.82, 2.24) is 4.90 Å². The zero-order valence-corrected chi connectivity index (χ0v) is 21.0. The number of hydrogen-bond acceptors (Lipinski definition) is 5. The number of fused-ring (bicyclic) bond motifs is 1. The highest BCUT2D eigenvalue weighted by Gasteiger charge is 2.33. The van der Waals surface area contributed by atoms with Crippen molar-refractivity contribution in [3.63, 3.8) is 0 Å². The summed E-state index contributed by atoms with van der Waals surface area (Å²) >= 11 is 0. The maximum absolute atomic E-state index is 13.4. The Morgan fingerprint density at radius 1 is 1.00 bits per heavy atom. The minimum absolute atomic E-state index is 0.0802. The number of benzene rings is 3. The first-order valence-electron chi connectivity index (χ1n) is 13.0. The second-order valence-corrected chi connectivity index (χ2v) is 10.2. The van der Waals surface area contributed by atoms with Gasteiger partial charge in [0.2, 0.25) is 5.91 Å². The molecule has 1 saturated heterocycles. The minimum Gasteiger partial charge on any atom is -0.491 e. The fraction of sp³-hybridized carbons (Fsp3) is 0.333. The number of amides is 2. The minimum atomic E-state index is -0.106. The maximum Gasteiger partial charge on any atom is 0.262 e. The molecular weight excluding hydrogens is 466 g/mol. The molecule has 0 unspecified atom stereocenters. The van der Waals surface area contributed by atoms with Gasteiger partial charge < -0.3 is 19.7 Å². The van der Waals surface area contributed by atoms with Crippen LogP contribution in [0.15, 0.2) is 66.7 Å². The van der Waals surface area contributed by atoms with Gasteiger partial charge in [0.25, 0.3) is 5.91 Å². The zero-order valence-electron chi connectivity index (χ0n) is 21.0. The number of nitrogens with zero attached hydrogens (tertiary/aromatic N) is 2. The van der Waals surface area contributed by atoms with Crippen LogP contribution in [-0.4, -0.2) is 55.6 Å². The molecule has 6 rings (SSSR count). The van der Waals surface area contributed by atoms with Gasteiger partial charge in [-0.25, -0.2) is 0 Å². The number of nitrogens with one attached hydrogen (secondary N) is 1. The summed E-state index contributed by atoms with van der Waals surface area (Å²) in [6.45, 7) is 5.56. The van der Waals surface area contributed by atoms with E-state index in [9.17, 15) is 9.59 Å². The van der Waals surface area contributed by atoms with Crippen molar-refractivity contribution >= 4 is 23.2 Å². The molecule has 7 nitrogen and oxygen atoms in total. The van der Waals surface area contributed by atoms with Crippen LogP contribution in [-0.2, 0) is 4.79 Å². The Labute approximate surface area is 217 Å². The Bertz CT molecular complexity index is 1300. The van der Waals surface area contributed by atoms with Gasteiger partial charge in [-0.2, -0.15) is 0 Å². The molecule has 3 aliphatic rings. The van der Waals surface area contributed by atoms with Crippen LogP contribution in [0, 0.1) is 5.92 Å². The van der Waals surface area contributed by atoms with Gasteiger partial charge in [-0.1, -0.05) is 18.2 Å². The number of carbonyl (C=O) groups is 2. The lowest BCUT2D eigenvalue weighted by atomic mass is 10.0. The first-order valence-corrected chi connectivity index (χ1v) is 13.0. The normalized spacial score (nSPS) is 17.9. The van der Waals surface area contributed by atoms with E-state index in [0.717, 1.165) is 47.3 Å². The van der Waals surface area contributed by atoms with Gasteiger partial charge in [0.1, 0.15) is 24.2 Å². The fourth-order valence-corrected chi connectivity index (χ4v) is 5.00. The number of hydrogen-bond donors (Lipinski definition) is 1. The van der Waals surface area contributed by atoms with E-state index in [-0.39, 0.29) is 17.9 Å². The molecule has 0 spiro atoms. The second-order valence-electron chi connectivity index (χ2n) is 10.2. The summed E-state index contributed by atoms with van der Waals surface area (Å²) in [4.78, 5) is 28.9. The Balaban J connectivity index is 1.12. The number of rotatable bonds is 7. The van der Waals surface area contributed by atoms with Crippen LogP contribution in [0.25, 0.3) is 11.1 Å². The van der Waals surface area contributed by atoms with E-state index in [0.29, 0.717) is 24.5 Å². The summed E-state index contributed by atoms with van der Waals surface area (Å²) in [6.07, 6.45) is 3.01. The topological polar surface area (TPSA) is 71.1 Å². The molecule has 2 amide bonds. The van der Waals surface area contributed by atoms with E-state index in [2.05, 4.69) is 10.2 Å². The lowest BCUT2D eigenvalue weighted by molar-refractivity contribution is -0.114. The average molecular weight is 498 g/mol. The first kappa shape index (κ1) is 23.6.